The molecule has 0 saturated carbocycles. The summed E-state index contributed by atoms with van der Waals surface area (Å²) >= 11 is 0. The summed E-state index contributed by atoms with van der Waals surface area (Å²) in [5.74, 6) is 1.40. The molecule has 1 amide bonds. The van der Waals surface area contributed by atoms with Gasteiger partial charge in [0.05, 0.1) is 32.7 Å². The third kappa shape index (κ3) is 4.71. The first-order valence-corrected chi connectivity index (χ1v) is 9.99. The molecule has 1 atom stereocenters. The molecule has 0 fully saturated rings. The summed E-state index contributed by atoms with van der Waals surface area (Å²) < 4.78 is 16.0. The van der Waals surface area contributed by atoms with E-state index in [1.807, 2.05) is 48.5 Å². The Balaban J connectivity index is 1.47. The number of furan rings is 1. The number of carbonyl (C=O) groups excluding carboxylic acids is 1. The Morgan fingerprint density at radius 1 is 1.06 bits per heavy atom. The monoisotopic (exact) mass is 420 g/mol. The largest absolute Gasteiger partial charge is 0.493 e. The highest BCUT2D eigenvalue weighted by Gasteiger charge is 2.28. The van der Waals surface area contributed by atoms with Gasteiger partial charge in [0, 0.05) is 18.5 Å². The zero-order valence-electron chi connectivity index (χ0n) is 17.5. The Bertz CT molecular complexity index is 1050. The van der Waals surface area contributed by atoms with Gasteiger partial charge in [-0.05, 0) is 35.9 Å². The lowest BCUT2D eigenvalue weighted by atomic mass is 10.0. The molecule has 0 radical (unpaired) electrons. The number of benzene rings is 2. The van der Waals surface area contributed by atoms with Crippen molar-refractivity contribution in [2.75, 3.05) is 20.8 Å². The molecule has 31 heavy (non-hydrogen) atoms. The van der Waals surface area contributed by atoms with Gasteiger partial charge in [-0.2, -0.15) is 0 Å². The van der Waals surface area contributed by atoms with Crippen LogP contribution in [0.25, 0.3) is 0 Å². The van der Waals surface area contributed by atoms with Gasteiger partial charge in [0.25, 0.3) is 5.91 Å². The first kappa shape index (κ1) is 20.5. The van der Waals surface area contributed by atoms with Crippen molar-refractivity contribution in [1.29, 1.82) is 0 Å². The highest BCUT2D eigenvalue weighted by molar-refractivity contribution is 6.01. The van der Waals surface area contributed by atoms with Gasteiger partial charge in [-0.3, -0.25) is 4.79 Å². The SMILES string of the molecule is COc1ccc(C2=NOC(CN(Cc3ccccc3)C(=O)c3ccco3)C2)cc1OC. The summed E-state index contributed by atoms with van der Waals surface area (Å²) in [4.78, 5) is 20.4. The minimum absolute atomic E-state index is 0.183. The van der Waals surface area contributed by atoms with Gasteiger partial charge in [0.1, 0.15) is 0 Å². The van der Waals surface area contributed by atoms with Crippen molar-refractivity contribution in [2.45, 2.75) is 19.1 Å². The Kier molecular flexibility index (Phi) is 6.21. The molecular weight excluding hydrogens is 396 g/mol. The molecule has 0 bridgehead atoms. The molecule has 3 aromatic rings. The van der Waals surface area contributed by atoms with Gasteiger partial charge < -0.3 is 23.6 Å². The van der Waals surface area contributed by atoms with Crippen LogP contribution in [0, 0.1) is 0 Å². The molecule has 0 N–H and O–H groups in total. The Morgan fingerprint density at radius 2 is 1.87 bits per heavy atom. The third-order valence-electron chi connectivity index (χ3n) is 5.11. The second-order valence-corrected chi connectivity index (χ2v) is 7.19. The van der Waals surface area contributed by atoms with Crippen LogP contribution in [0.5, 0.6) is 11.5 Å². The third-order valence-corrected chi connectivity index (χ3v) is 5.11. The molecule has 7 heteroatoms. The number of hydrogen-bond acceptors (Lipinski definition) is 6. The van der Waals surface area contributed by atoms with E-state index in [4.69, 9.17) is 18.7 Å². The van der Waals surface area contributed by atoms with Crippen molar-refractivity contribution in [3.63, 3.8) is 0 Å². The van der Waals surface area contributed by atoms with Crippen LogP contribution in [-0.2, 0) is 11.4 Å². The zero-order chi connectivity index (χ0) is 21.6. The molecule has 1 aliphatic heterocycles. The van der Waals surface area contributed by atoms with E-state index in [1.54, 1.807) is 31.3 Å². The van der Waals surface area contributed by atoms with Gasteiger partial charge >= 0.3 is 0 Å². The van der Waals surface area contributed by atoms with Crippen molar-refractivity contribution in [2.24, 2.45) is 5.16 Å². The van der Waals surface area contributed by atoms with E-state index in [9.17, 15) is 4.79 Å². The molecule has 1 aliphatic rings. The average molecular weight is 420 g/mol. The fourth-order valence-electron chi connectivity index (χ4n) is 3.54. The van der Waals surface area contributed by atoms with E-state index in [0.717, 1.165) is 16.8 Å². The quantitative estimate of drug-likeness (QED) is 0.548. The van der Waals surface area contributed by atoms with Gasteiger partial charge in [-0.1, -0.05) is 35.5 Å². The maximum Gasteiger partial charge on any atom is 0.289 e. The highest BCUT2D eigenvalue weighted by Crippen LogP contribution is 2.29. The maximum atomic E-state index is 13.0. The van der Waals surface area contributed by atoms with Crippen LogP contribution < -0.4 is 9.47 Å². The van der Waals surface area contributed by atoms with Crippen LogP contribution in [0.3, 0.4) is 0 Å². The molecule has 0 aliphatic carbocycles. The topological polar surface area (TPSA) is 73.5 Å². The number of hydrogen-bond donors (Lipinski definition) is 0. The number of amides is 1. The van der Waals surface area contributed by atoms with Crippen LogP contribution in [0.1, 0.15) is 28.1 Å². The van der Waals surface area contributed by atoms with Crippen molar-refractivity contribution < 1.29 is 23.5 Å². The smallest absolute Gasteiger partial charge is 0.289 e. The fraction of sp³-hybridized carbons (Fsp3) is 0.250. The molecule has 7 nitrogen and oxygen atoms in total. The molecule has 2 heterocycles. The fourth-order valence-corrected chi connectivity index (χ4v) is 3.54. The molecular formula is C24H24N2O5. The lowest BCUT2D eigenvalue weighted by Gasteiger charge is -2.24. The van der Waals surface area contributed by atoms with Crippen LogP contribution in [0.2, 0.25) is 0 Å². The average Bonchev–Trinajstić information content (AvgIpc) is 3.51. The highest BCUT2D eigenvalue weighted by atomic mass is 16.6. The zero-order valence-corrected chi connectivity index (χ0v) is 17.5. The number of ether oxygens (including phenoxy) is 2. The van der Waals surface area contributed by atoms with Crippen LogP contribution >= 0.6 is 0 Å². The number of nitrogens with zero attached hydrogens (tertiary/aromatic N) is 2. The van der Waals surface area contributed by atoms with Crippen LogP contribution in [0.4, 0.5) is 0 Å². The number of carbonyl (C=O) groups is 1. The number of rotatable bonds is 8. The summed E-state index contributed by atoms with van der Waals surface area (Å²) in [7, 11) is 3.19. The van der Waals surface area contributed by atoms with Gasteiger partial charge in [0.2, 0.25) is 0 Å². The Hall–Kier alpha value is -3.74. The van der Waals surface area contributed by atoms with E-state index < -0.39 is 0 Å². The van der Waals surface area contributed by atoms with Crippen LogP contribution in [-0.4, -0.2) is 43.4 Å². The molecule has 2 aromatic carbocycles. The lowest BCUT2D eigenvalue weighted by Crippen LogP contribution is -2.37. The number of methoxy groups -OCH3 is 2. The van der Waals surface area contributed by atoms with Crippen LogP contribution in [0.15, 0.2) is 76.5 Å². The van der Waals surface area contributed by atoms with E-state index in [-0.39, 0.29) is 12.0 Å². The summed E-state index contributed by atoms with van der Waals surface area (Å²) in [6, 6.07) is 18.8. The van der Waals surface area contributed by atoms with E-state index in [1.165, 1.54) is 6.26 Å². The minimum atomic E-state index is -0.259. The Morgan fingerprint density at radius 3 is 2.58 bits per heavy atom. The van der Waals surface area contributed by atoms with Gasteiger partial charge in [-0.15, -0.1) is 0 Å². The molecule has 0 spiro atoms. The molecule has 4 rings (SSSR count). The van der Waals surface area contributed by atoms with E-state index in [2.05, 4.69) is 5.16 Å². The summed E-state index contributed by atoms with van der Waals surface area (Å²) in [6.07, 6.45) is 1.82. The molecule has 1 unspecified atom stereocenters. The molecule has 1 aromatic heterocycles. The molecule has 160 valence electrons. The van der Waals surface area contributed by atoms with Crippen molar-refractivity contribution >= 4 is 11.6 Å². The number of oxime groups is 1. The maximum absolute atomic E-state index is 13.0. The van der Waals surface area contributed by atoms with E-state index in [0.29, 0.717) is 36.8 Å². The molecule has 0 saturated heterocycles. The minimum Gasteiger partial charge on any atom is -0.493 e. The standard InChI is InChI=1S/C24H24N2O5/c1-28-21-11-10-18(13-23(21)29-2)20-14-19(31-25-20)16-26(15-17-7-4-3-5-8-17)24(27)22-9-6-12-30-22/h3-13,19H,14-16H2,1-2H3. The Labute approximate surface area is 180 Å². The summed E-state index contributed by atoms with van der Waals surface area (Å²) in [6.45, 7) is 0.834. The normalized spacial score (nSPS) is 15.2. The van der Waals surface area contributed by atoms with Gasteiger partial charge in [0.15, 0.2) is 23.4 Å². The lowest BCUT2D eigenvalue weighted by molar-refractivity contribution is 0.0387. The second-order valence-electron chi connectivity index (χ2n) is 7.19. The predicted octanol–water partition coefficient (Wildman–Crippen LogP) is 4.13. The first-order valence-electron chi connectivity index (χ1n) is 9.99. The first-order chi connectivity index (χ1) is 15.2. The van der Waals surface area contributed by atoms with Crippen molar-refractivity contribution in [3.8, 4) is 11.5 Å². The van der Waals surface area contributed by atoms with Crippen molar-refractivity contribution in [3.05, 3.63) is 83.8 Å². The van der Waals surface area contributed by atoms with Crippen molar-refractivity contribution in [1.82, 2.24) is 4.90 Å². The van der Waals surface area contributed by atoms with Gasteiger partial charge in [-0.25, -0.2) is 0 Å². The summed E-state index contributed by atoms with van der Waals surface area (Å²) in [5, 5.41) is 4.26. The van der Waals surface area contributed by atoms with E-state index >= 15 is 0 Å². The second kappa shape index (κ2) is 9.38. The summed E-state index contributed by atoms with van der Waals surface area (Å²) in [5.41, 5.74) is 2.73. The predicted molar refractivity (Wildman–Crippen MR) is 115 cm³/mol.